The van der Waals surface area contributed by atoms with E-state index >= 15 is 0 Å². The molecule has 0 aromatic carbocycles. The van der Waals surface area contributed by atoms with Gasteiger partial charge in [-0.1, -0.05) is 0 Å². The molecule has 1 aliphatic carbocycles. The van der Waals surface area contributed by atoms with Crippen LogP contribution in [0.5, 0.6) is 5.75 Å². The van der Waals surface area contributed by atoms with Crippen molar-refractivity contribution in [2.45, 2.75) is 32.4 Å². The molecule has 1 aromatic rings. The van der Waals surface area contributed by atoms with Crippen LogP contribution in [0.3, 0.4) is 0 Å². The highest BCUT2D eigenvalue weighted by molar-refractivity contribution is 5.29. The molecule has 1 fully saturated rings. The van der Waals surface area contributed by atoms with E-state index in [4.69, 9.17) is 10.5 Å². The first kappa shape index (κ1) is 8.51. The van der Waals surface area contributed by atoms with Gasteiger partial charge in [0.2, 0.25) is 0 Å². The van der Waals surface area contributed by atoms with E-state index in [9.17, 15) is 0 Å². The normalized spacial score (nSPS) is 15.8. The van der Waals surface area contributed by atoms with Crippen molar-refractivity contribution in [2.24, 2.45) is 5.73 Å². The van der Waals surface area contributed by atoms with Gasteiger partial charge in [0.25, 0.3) is 0 Å². The van der Waals surface area contributed by atoms with Crippen molar-refractivity contribution in [2.75, 3.05) is 0 Å². The van der Waals surface area contributed by atoms with Crippen LogP contribution in [0.4, 0.5) is 0 Å². The van der Waals surface area contributed by atoms with Crippen LogP contribution in [0.2, 0.25) is 0 Å². The Morgan fingerprint density at radius 2 is 2.38 bits per heavy atom. The summed E-state index contributed by atoms with van der Waals surface area (Å²) in [5.41, 5.74) is 7.63. The predicted molar refractivity (Wildman–Crippen MR) is 50.5 cm³/mol. The molecule has 1 saturated carbocycles. The number of ether oxygens (including phenoxy) is 1. The molecule has 13 heavy (non-hydrogen) atoms. The number of rotatable bonds is 3. The SMILES string of the molecule is Cc1ncc(OC2CC2)cc1CN. The summed E-state index contributed by atoms with van der Waals surface area (Å²) in [6, 6.07) is 1.99. The highest BCUT2D eigenvalue weighted by Crippen LogP contribution is 2.26. The molecule has 2 N–H and O–H groups in total. The fourth-order valence-electron chi connectivity index (χ4n) is 1.21. The Hall–Kier alpha value is -1.09. The minimum Gasteiger partial charge on any atom is -0.489 e. The largest absolute Gasteiger partial charge is 0.489 e. The van der Waals surface area contributed by atoms with Gasteiger partial charge in [0.1, 0.15) is 5.75 Å². The molecule has 3 heteroatoms. The molecule has 0 unspecified atom stereocenters. The summed E-state index contributed by atoms with van der Waals surface area (Å²) in [5.74, 6) is 0.855. The van der Waals surface area contributed by atoms with Crippen molar-refractivity contribution in [3.8, 4) is 5.75 Å². The van der Waals surface area contributed by atoms with E-state index in [1.165, 1.54) is 12.8 Å². The Balaban J connectivity index is 2.16. The maximum absolute atomic E-state index is 5.60. The molecular weight excluding hydrogens is 164 g/mol. The summed E-state index contributed by atoms with van der Waals surface area (Å²) < 4.78 is 5.60. The molecule has 0 radical (unpaired) electrons. The number of nitrogens with two attached hydrogens (primary N) is 1. The third kappa shape index (κ3) is 1.98. The number of nitrogens with zero attached hydrogens (tertiary/aromatic N) is 1. The second-order valence-electron chi connectivity index (χ2n) is 3.44. The lowest BCUT2D eigenvalue weighted by atomic mass is 10.2. The summed E-state index contributed by atoms with van der Waals surface area (Å²) in [5, 5.41) is 0. The summed E-state index contributed by atoms with van der Waals surface area (Å²) in [7, 11) is 0. The number of hydrogen-bond acceptors (Lipinski definition) is 3. The van der Waals surface area contributed by atoms with Gasteiger partial charge >= 0.3 is 0 Å². The maximum atomic E-state index is 5.60. The van der Waals surface area contributed by atoms with Gasteiger partial charge in [0, 0.05) is 12.2 Å². The van der Waals surface area contributed by atoms with Gasteiger partial charge in [-0.2, -0.15) is 0 Å². The van der Waals surface area contributed by atoms with E-state index < -0.39 is 0 Å². The standard InChI is InChI=1S/C10H14N2O/c1-7-8(5-11)4-10(6-12-7)13-9-2-3-9/h4,6,9H,2-3,5,11H2,1H3. The summed E-state index contributed by atoms with van der Waals surface area (Å²) in [4.78, 5) is 4.23. The molecule has 0 saturated heterocycles. The number of hydrogen-bond donors (Lipinski definition) is 1. The molecule has 0 atom stereocenters. The molecule has 1 aliphatic rings. The molecule has 0 amide bonds. The van der Waals surface area contributed by atoms with Gasteiger partial charge in [-0.15, -0.1) is 0 Å². The third-order valence-electron chi connectivity index (χ3n) is 2.21. The van der Waals surface area contributed by atoms with E-state index in [0.717, 1.165) is 17.0 Å². The summed E-state index contributed by atoms with van der Waals surface area (Å²) >= 11 is 0. The molecule has 0 spiro atoms. The van der Waals surface area contributed by atoms with Crippen LogP contribution in [0, 0.1) is 6.92 Å². The van der Waals surface area contributed by atoms with E-state index in [2.05, 4.69) is 4.98 Å². The van der Waals surface area contributed by atoms with Crippen molar-refractivity contribution in [3.05, 3.63) is 23.5 Å². The maximum Gasteiger partial charge on any atom is 0.138 e. The average molecular weight is 178 g/mol. The highest BCUT2D eigenvalue weighted by atomic mass is 16.5. The predicted octanol–water partition coefficient (Wildman–Crippen LogP) is 1.39. The molecule has 0 aliphatic heterocycles. The smallest absolute Gasteiger partial charge is 0.138 e. The van der Waals surface area contributed by atoms with Crippen LogP contribution in [-0.4, -0.2) is 11.1 Å². The monoisotopic (exact) mass is 178 g/mol. The Kier molecular flexibility index (Phi) is 2.19. The highest BCUT2D eigenvalue weighted by Gasteiger charge is 2.23. The van der Waals surface area contributed by atoms with Gasteiger partial charge in [-0.25, -0.2) is 0 Å². The average Bonchev–Trinajstić information content (AvgIpc) is 2.92. The number of aryl methyl sites for hydroxylation is 1. The lowest BCUT2D eigenvalue weighted by Gasteiger charge is -2.07. The van der Waals surface area contributed by atoms with E-state index in [1.54, 1.807) is 6.20 Å². The van der Waals surface area contributed by atoms with Gasteiger partial charge < -0.3 is 10.5 Å². The van der Waals surface area contributed by atoms with Crippen molar-refractivity contribution < 1.29 is 4.74 Å². The Labute approximate surface area is 77.9 Å². The van der Waals surface area contributed by atoms with Crippen LogP contribution >= 0.6 is 0 Å². The van der Waals surface area contributed by atoms with Gasteiger partial charge in [0.15, 0.2) is 0 Å². The zero-order valence-corrected chi connectivity index (χ0v) is 7.79. The van der Waals surface area contributed by atoms with Crippen molar-refractivity contribution in [1.29, 1.82) is 0 Å². The molecule has 70 valence electrons. The Morgan fingerprint density at radius 3 is 3.00 bits per heavy atom. The second kappa shape index (κ2) is 3.34. The third-order valence-corrected chi connectivity index (χ3v) is 2.21. The Bertz CT molecular complexity index is 308. The molecule has 2 rings (SSSR count). The first-order chi connectivity index (χ1) is 6.29. The topological polar surface area (TPSA) is 48.1 Å². The minimum atomic E-state index is 0.426. The second-order valence-corrected chi connectivity index (χ2v) is 3.44. The fourth-order valence-corrected chi connectivity index (χ4v) is 1.21. The van der Waals surface area contributed by atoms with Gasteiger partial charge in [-0.05, 0) is 31.4 Å². The van der Waals surface area contributed by atoms with Crippen LogP contribution in [0.25, 0.3) is 0 Å². The molecule has 1 aromatic heterocycles. The van der Waals surface area contributed by atoms with E-state index in [-0.39, 0.29) is 0 Å². The fraction of sp³-hybridized carbons (Fsp3) is 0.500. The summed E-state index contributed by atoms with van der Waals surface area (Å²) in [6.45, 7) is 2.49. The lowest BCUT2D eigenvalue weighted by molar-refractivity contribution is 0.301. The zero-order chi connectivity index (χ0) is 9.26. The first-order valence-corrected chi connectivity index (χ1v) is 4.62. The minimum absolute atomic E-state index is 0.426. The zero-order valence-electron chi connectivity index (χ0n) is 7.79. The van der Waals surface area contributed by atoms with Gasteiger partial charge in [0.05, 0.1) is 12.3 Å². The molecular formula is C10H14N2O. The number of pyridine rings is 1. The summed E-state index contributed by atoms with van der Waals surface area (Å²) in [6.07, 6.45) is 4.54. The van der Waals surface area contributed by atoms with Gasteiger partial charge in [-0.3, -0.25) is 4.98 Å². The number of aromatic nitrogens is 1. The van der Waals surface area contributed by atoms with Crippen molar-refractivity contribution >= 4 is 0 Å². The molecule has 1 heterocycles. The molecule has 3 nitrogen and oxygen atoms in total. The van der Waals surface area contributed by atoms with Crippen LogP contribution in [-0.2, 0) is 6.54 Å². The van der Waals surface area contributed by atoms with Crippen LogP contribution in [0.1, 0.15) is 24.1 Å². The van der Waals surface area contributed by atoms with E-state index in [1.807, 2.05) is 13.0 Å². The van der Waals surface area contributed by atoms with Crippen molar-refractivity contribution in [1.82, 2.24) is 4.98 Å². The van der Waals surface area contributed by atoms with Crippen molar-refractivity contribution in [3.63, 3.8) is 0 Å². The first-order valence-electron chi connectivity index (χ1n) is 4.62. The lowest BCUT2D eigenvalue weighted by Crippen LogP contribution is -2.03. The van der Waals surface area contributed by atoms with Crippen LogP contribution in [0.15, 0.2) is 12.3 Å². The van der Waals surface area contributed by atoms with E-state index in [0.29, 0.717) is 12.6 Å². The Morgan fingerprint density at radius 1 is 1.62 bits per heavy atom. The molecule has 0 bridgehead atoms. The quantitative estimate of drug-likeness (QED) is 0.760. The van der Waals surface area contributed by atoms with Crippen LogP contribution < -0.4 is 10.5 Å².